The van der Waals surface area contributed by atoms with Gasteiger partial charge in [0.25, 0.3) is 0 Å². The van der Waals surface area contributed by atoms with Gasteiger partial charge in [0.05, 0.1) is 15.8 Å². The van der Waals surface area contributed by atoms with Crippen LogP contribution in [0.25, 0.3) is 10.2 Å². The van der Waals surface area contributed by atoms with E-state index in [0.717, 1.165) is 20.1 Å². The van der Waals surface area contributed by atoms with E-state index in [9.17, 15) is 4.79 Å². The highest BCUT2D eigenvalue weighted by Crippen LogP contribution is 2.40. The second-order valence-electron chi connectivity index (χ2n) is 5.72. The van der Waals surface area contributed by atoms with Gasteiger partial charge in [0.1, 0.15) is 0 Å². The Labute approximate surface area is 170 Å². The number of hydrogen-bond donors (Lipinski definition) is 0. The van der Waals surface area contributed by atoms with Crippen LogP contribution >= 0.6 is 34.7 Å². The molecule has 0 bridgehead atoms. The van der Waals surface area contributed by atoms with Gasteiger partial charge < -0.3 is 4.74 Å². The summed E-state index contributed by atoms with van der Waals surface area (Å²) in [5.41, 5.74) is 1.82. The van der Waals surface area contributed by atoms with E-state index in [-0.39, 0.29) is 0 Å². The molecule has 0 fully saturated rings. The summed E-state index contributed by atoms with van der Waals surface area (Å²) in [7, 11) is 0. The highest BCUT2D eigenvalue weighted by Gasteiger charge is 2.21. The van der Waals surface area contributed by atoms with Gasteiger partial charge in [-0.05, 0) is 48.2 Å². The molecule has 0 aliphatic heterocycles. The van der Waals surface area contributed by atoms with E-state index in [4.69, 9.17) is 16.3 Å². The van der Waals surface area contributed by atoms with Gasteiger partial charge in [-0.25, -0.2) is 9.78 Å². The molecule has 0 radical (unpaired) electrons. The first-order valence-electron chi connectivity index (χ1n) is 8.23. The van der Waals surface area contributed by atoms with Crippen LogP contribution in [0.4, 0.5) is 0 Å². The molecule has 27 heavy (non-hydrogen) atoms. The van der Waals surface area contributed by atoms with Crippen LogP contribution in [0.5, 0.6) is 0 Å². The minimum Gasteiger partial charge on any atom is -0.442 e. The first-order valence-corrected chi connectivity index (χ1v) is 10.3. The Morgan fingerprint density at radius 2 is 1.67 bits per heavy atom. The van der Waals surface area contributed by atoms with Gasteiger partial charge in [0.15, 0.2) is 9.78 Å². The summed E-state index contributed by atoms with van der Waals surface area (Å²) in [4.78, 5) is 17.2. The number of nitrogens with zero attached hydrogens (tertiary/aromatic N) is 1. The van der Waals surface area contributed by atoms with Crippen molar-refractivity contribution < 1.29 is 9.53 Å². The Kier molecular flexibility index (Phi) is 5.43. The number of para-hydroxylation sites is 1. The molecule has 0 aliphatic rings. The van der Waals surface area contributed by atoms with E-state index in [1.807, 2.05) is 54.6 Å². The molecule has 6 heteroatoms. The van der Waals surface area contributed by atoms with Crippen molar-refractivity contribution in [3.8, 4) is 0 Å². The van der Waals surface area contributed by atoms with Gasteiger partial charge in [-0.2, -0.15) is 0 Å². The molecule has 0 N–H and O–H groups in total. The normalized spacial score (nSPS) is 12.0. The van der Waals surface area contributed by atoms with Crippen molar-refractivity contribution in [1.82, 2.24) is 4.98 Å². The summed E-state index contributed by atoms with van der Waals surface area (Å²) in [6.45, 7) is 0. The number of thioether (sulfide) groups is 1. The summed E-state index contributed by atoms with van der Waals surface area (Å²) >= 11 is 8.92. The molecule has 0 saturated heterocycles. The molecule has 0 spiro atoms. The van der Waals surface area contributed by atoms with E-state index in [1.54, 1.807) is 35.6 Å². The van der Waals surface area contributed by atoms with E-state index >= 15 is 0 Å². The smallest absolute Gasteiger partial charge is 0.339 e. The van der Waals surface area contributed by atoms with Crippen molar-refractivity contribution in [3.63, 3.8) is 0 Å². The van der Waals surface area contributed by atoms with Crippen LogP contribution in [0, 0.1) is 0 Å². The lowest BCUT2D eigenvalue weighted by Gasteiger charge is -2.16. The molecule has 3 nitrogen and oxygen atoms in total. The van der Waals surface area contributed by atoms with Crippen LogP contribution < -0.4 is 0 Å². The number of aromatic nitrogens is 1. The van der Waals surface area contributed by atoms with Gasteiger partial charge in [-0.15, -0.1) is 11.3 Å². The van der Waals surface area contributed by atoms with E-state index < -0.39 is 11.4 Å². The standard InChI is InChI=1S/C21H14ClNO2S2/c22-16-12-10-14(11-13-16)19(24)25-20(15-6-2-1-3-7-15)27-21-23-17-8-4-5-9-18(17)26-21/h1-13,20H. The van der Waals surface area contributed by atoms with Crippen molar-refractivity contribution >= 4 is 50.9 Å². The van der Waals surface area contributed by atoms with E-state index in [2.05, 4.69) is 4.98 Å². The Hall–Kier alpha value is -2.34. The zero-order valence-electron chi connectivity index (χ0n) is 14.0. The summed E-state index contributed by atoms with van der Waals surface area (Å²) in [6, 6.07) is 24.3. The number of hydrogen-bond acceptors (Lipinski definition) is 5. The van der Waals surface area contributed by atoms with Gasteiger partial charge in [0, 0.05) is 10.6 Å². The fraction of sp³-hybridized carbons (Fsp3) is 0.0476. The fourth-order valence-corrected chi connectivity index (χ4v) is 4.82. The number of halogens is 1. The third-order valence-corrected chi connectivity index (χ3v) is 6.34. The summed E-state index contributed by atoms with van der Waals surface area (Å²) in [6.07, 6.45) is 0. The summed E-state index contributed by atoms with van der Waals surface area (Å²) in [5, 5.41) is 0.579. The largest absolute Gasteiger partial charge is 0.442 e. The zero-order valence-corrected chi connectivity index (χ0v) is 16.4. The lowest BCUT2D eigenvalue weighted by molar-refractivity contribution is 0.0457. The quantitative estimate of drug-likeness (QED) is 0.211. The van der Waals surface area contributed by atoms with Crippen molar-refractivity contribution in [2.45, 2.75) is 9.78 Å². The molecule has 3 aromatic carbocycles. The summed E-state index contributed by atoms with van der Waals surface area (Å²) < 4.78 is 7.77. The third kappa shape index (κ3) is 4.33. The number of thiazole rings is 1. The second kappa shape index (κ2) is 8.13. The van der Waals surface area contributed by atoms with E-state index in [1.165, 1.54) is 11.8 Å². The van der Waals surface area contributed by atoms with Crippen molar-refractivity contribution in [3.05, 3.63) is 95.0 Å². The third-order valence-electron chi connectivity index (χ3n) is 3.85. The molecule has 0 saturated carbocycles. The minimum atomic E-state index is -0.491. The molecule has 1 atom stereocenters. The lowest BCUT2D eigenvalue weighted by atomic mass is 10.2. The molecule has 0 aliphatic carbocycles. The Bertz CT molecular complexity index is 1030. The number of carbonyl (C=O) groups excluding carboxylic acids is 1. The maximum absolute atomic E-state index is 12.6. The topological polar surface area (TPSA) is 39.2 Å². The first-order chi connectivity index (χ1) is 13.2. The monoisotopic (exact) mass is 411 g/mol. The maximum Gasteiger partial charge on any atom is 0.339 e. The molecular weight excluding hydrogens is 398 g/mol. The molecule has 4 rings (SSSR count). The highest BCUT2D eigenvalue weighted by molar-refractivity contribution is 8.01. The van der Waals surface area contributed by atoms with Gasteiger partial charge in [-0.3, -0.25) is 0 Å². The molecule has 1 aromatic heterocycles. The number of ether oxygens (including phenoxy) is 1. The van der Waals surface area contributed by atoms with Crippen molar-refractivity contribution in [1.29, 1.82) is 0 Å². The van der Waals surface area contributed by atoms with Crippen LogP contribution in [0.3, 0.4) is 0 Å². The van der Waals surface area contributed by atoms with Gasteiger partial charge >= 0.3 is 5.97 Å². The number of benzene rings is 3. The average Bonchev–Trinajstić information content (AvgIpc) is 3.11. The predicted molar refractivity (Wildman–Crippen MR) is 112 cm³/mol. The second-order valence-corrected chi connectivity index (χ2v) is 8.50. The minimum absolute atomic E-state index is 0.394. The Morgan fingerprint density at radius 3 is 2.41 bits per heavy atom. The average molecular weight is 412 g/mol. The highest BCUT2D eigenvalue weighted by atomic mass is 35.5. The van der Waals surface area contributed by atoms with Crippen LogP contribution in [-0.4, -0.2) is 11.0 Å². The molecule has 4 aromatic rings. The molecule has 1 heterocycles. The van der Waals surface area contributed by atoms with Gasteiger partial charge in [0.2, 0.25) is 0 Å². The fourth-order valence-electron chi connectivity index (χ4n) is 2.51. The number of carbonyl (C=O) groups is 1. The van der Waals surface area contributed by atoms with Crippen LogP contribution in [-0.2, 0) is 4.74 Å². The maximum atomic E-state index is 12.6. The van der Waals surface area contributed by atoms with Crippen LogP contribution in [0.1, 0.15) is 21.4 Å². The molecule has 134 valence electrons. The number of fused-ring (bicyclic) bond motifs is 1. The van der Waals surface area contributed by atoms with Gasteiger partial charge in [-0.1, -0.05) is 54.1 Å². The zero-order chi connectivity index (χ0) is 18.6. The Balaban J connectivity index is 1.60. The molecular formula is C21H14ClNO2S2. The molecule has 1 unspecified atom stereocenters. The summed E-state index contributed by atoms with van der Waals surface area (Å²) in [5.74, 6) is -0.394. The first kappa shape index (κ1) is 18.0. The van der Waals surface area contributed by atoms with Crippen LogP contribution in [0.15, 0.2) is 83.2 Å². The Morgan fingerprint density at radius 1 is 0.963 bits per heavy atom. The van der Waals surface area contributed by atoms with E-state index in [0.29, 0.717) is 10.6 Å². The lowest BCUT2D eigenvalue weighted by Crippen LogP contribution is -2.09. The molecule has 0 amide bonds. The van der Waals surface area contributed by atoms with Crippen molar-refractivity contribution in [2.24, 2.45) is 0 Å². The predicted octanol–water partition coefficient (Wildman–Crippen LogP) is 6.60. The van der Waals surface area contributed by atoms with Crippen LogP contribution in [0.2, 0.25) is 5.02 Å². The van der Waals surface area contributed by atoms with Crippen molar-refractivity contribution in [2.75, 3.05) is 0 Å². The number of rotatable bonds is 5. The number of esters is 1. The SMILES string of the molecule is O=C(OC(Sc1nc2ccccc2s1)c1ccccc1)c1ccc(Cl)cc1.